The maximum absolute atomic E-state index is 12.9. The molecule has 0 unspecified atom stereocenters. The molecule has 1 N–H and O–H groups in total. The highest BCUT2D eigenvalue weighted by atomic mass is 32.2. The van der Waals surface area contributed by atoms with E-state index in [0.29, 0.717) is 18.2 Å². The summed E-state index contributed by atoms with van der Waals surface area (Å²) >= 11 is 0. The summed E-state index contributed by atoms with van der Waals surface area (Å²) in [6.45, 7) is 1.57. The first-order valence-corrected chi connectivity index (χ1v) is 9.04. The summed E-state index contributed by atoms with van der Waals surface area (Å²) in [5.41, 5.74) is 0.0576. The Morgan fingerprint density at radius 1 is 1.08 bits per heavy atom. The average molecular weight is 373 g/mol. The molecule has 2 aromatic rings. The van der Waals surface area contributed by atoms with Crippen LogP contribution >= 0.6 is 0 Å². The number of benzene rings is 2. The molecule has 0 heterocycles. The Kier molecular flexibility index (Phi) is 5.74. The van der Waals surface area contributed by atoms with Gasteiger partial charge in [0.25, 0.3) is 10.0 Å². The largest absolute Gasteiger partial charge is 0.416 e. The van der Waals surface area contributed by atoms with E-state index >= 15 is 0 Å². The van der Waals surface area contributed by atoms with E-state index in [0.717, 1.165) is 28.1 Å². The minimum Gasteiger partial charge on any atom is -0.396 e. The van der Waals surface area contributed by atoms with E-state index in [4.69, 9.17) is 5.11 Å². The molecule has 4 nitrogen and oxygen atoms in total. The fourth-order valence-electron chi connectivity index (χ4n) is 2.45. The minimum atomic E-state index is -4.62. The van der Waals surface area contributed by atoms with Crippen LogP contribution in [-0.2, 0) is 22.6 Å². The number of hydrogen-bond donors (Lipinski definition) is 1. The van der Waals surface area contributed by atoms with Crippen molar-refractivity contribution in [2.75, 3.05) is 17.5 Å². The summed E-state index contributed by atoms with van der Waals surface area (Å²) in [4.78, 5) is -0.420. The fraction of sp³-hybridized carbons (Fsp3) is 0.294. The predicted octanol–water partition coefficient (Wildman–Crippen LogP) is 3.46. The number of aliphatic hydroxyl groups excluding tert-OH is 1. The van der Waals surface area contributed by atoms with Crippen molar-refractivity contribution in [2.45, 2.75) is 24.4 Å². The van der Waals surface area contributed by atoms with Crippen LogP contribution in [0.4, 0.5) is 18.9 Å². The van der Waals surface area contributed by atoms with Gasteiger partial charge in [0.05, 0.1) is 16.1 Å². The first-order chi connectivity index (χ1) is 11.7. The van der Waals surface area contributed by atoms with E-state index < -0.39 is 26.7 Å². The zero-order chi connectivity index (χ0) is 18.7. The highest BCUT2D eigenvalue weighted by molar-refractivity contribution is 7.92. The zero-order valence-electron chi connectivity index (χ0n) is 13.5. The standard InChI is InChI=1S/C17H18F3NO3S/c1-2-21(15-7-3-5-13(11-15)9-10-22)25(23,24)16-8-4-6-14(12-16)17(18,19)20/h3-8,11-12,22H,2,9-10H2,1H3. The summed E-state index contributed by atoms with van der Waals surface area (Å²) in [6.07, 6.45) is -4.27. The van der Waals surface area contributed by atoms with Crippen molar-refractivity contribution < 1.29 is 26.7 Å². The van der Waals surface area contributed by atoms with E-state index in [2.05, 4.69) is 0 Å². The molecule has 136 valence electrons. The van der Waals surface area contributed by atoms with Gasteiger partial charge in [0, 0.05) is 13.2 Å². The molecule has 0 aliphatic rings. The van der Waals surface area contributed by atoms with Crippen LogP contribution in [0.3, 0.4) is 0 Å². The summed E-state index contributed by atoms with van der Waals surface area (Å²) in [7, 11) is -4.15. The minimum absolute atomic E-state index is 0.0567. The van der Waals surface area contributed by atoms with Crippen LogP contribution in [0.15, 0.2) is 53.4 Å². The number of alkyl halides is 3. The molecule has 8 heteroatoms. The third-order valence-corrected chi connectivity index (χ3v) is 5.53. The van der Waals surface area contributed by atoms with Crippen LogP contribution in [0.1, 0.15) is 18.1 Å². The van der Waals surface area contributed by atoms with Crippen LogP contribution in [-0.4, -0.2) is 26.7 Å². The van der Waals surface area contributed by atoms with E-state index in [-0.39, 0.29) is 13.2 Å². The SMILES string of the molecule is CCN(c1cccc(CCO)c1)S(=O)(=O)c1cccc(C(F)(F)F)c1. The molecular formula is C17H18F3NO3S. The highest BCUT2D eigenvalue weighted by Crippen LogP contribution is 2.32. The molecule has 0 amide bonds. The molecule has 0 spiro atoms. The van der Waals surface area contributed by atoms with Gasteiger partial charge in [-0.3, -0.25) is 4.31 Å². The molecule has 0 aliphatic heterocycles. The molecule has 0 radical (unpaired) electrons. The van der Waals surface area contributed by atoms with Gasteiger partial charge in [-0.25, -0.2) is 8.42 Å². The second-order valence-corrected chi connectivity index (χ2v) is 7.20. The van der Waals surface area contributed by atoms with Crippen molar-refractivity contribution in [1.29, 1.82) is 0 Å². The topological polar surface area (TPSA) is 57.6 Å². The Morgan fingerprint density at radius 3 is 2.36 bits per heavy atom. The molecule has 0 atom stereocenters. The van der Waals surface area contributed by atoms with Crippen molar-refractivity contribution in [3.8, 4) is 0 Å². The van der Waals surface area contributed by atoms with Gasteiger partial charge in [0.1, 0.15) is 0 Å². The van der Waals surface area contributed by atoms with Crippen molar-refractivity contribution >= 4 is 15.7 Å². The van der Waals surface area contributed by atoms with Crippen LogP contribution in [0.2, 0.25) is 0 Å². The Balaban J connectivity index is 2.48. The van der Waals surface area contributed by atoms with E-state index in [9.17, 15) is 21.6 Å². The first kappa shape index (κ1) is 19.3. The van der Waals surface area contributed by atoms with Gasteiger partial charge >= 0.3 is 6.18 Å². The summed E-state index contributed by atoms with van der Waals surface area (Å²) in [6, 6.07) is 10.2. The van der Waals surface area contributed by atoms with Gasteiger partial charge < -0.3 is 5.11 Å². The molecule has 0 aromatic heterocycles. The zero-order valence-corrected chi connectivity index (χ0v) is 14.3. The number of hydrogen-bond acceptors (Lipinski definition) is 3. The van der Waals surface area contributed by atoms with Gasteiger partial charge in [-0.1, -0.05) is 18.2 Å². The number of nitrogens with zero attached hydrogens (tertiary/aromatic N) is 1. The van der Waals surface area contributed by atoms with Crippen LogP contribution in [0, 0.1) is 0 Å². The number of sulfonamides is 1. The maximum atomic E-state index is 12.9. The molecule has 0 fully saturated rings. The normalized spacial score (nSPS) is 12.2. The fourth-order valence-corrected chi connectivity index (χ4v) is 3.96. The number of aliphatic hydroxyl groups is 1. The molecular weight excluding hydrogens is 355 g/mol. The van der Waals surface area contributed by atoms with Crippen molar-refractivity contribution in [2.24, 2.45) is 0 Å². The Hall–Kier alpha value is -2.06. The lowest BCUT2D eigenvalue weighted by Gasteiger charge is -2.24. The molecule has 25 heavy (non-hydrogen) atoms. The summed E-state index contributed by atoms with van der Waals surface area (Å²) in [5.74, 6) is 0. The van der Waals surface area contributed by atoms with Crippen LogP contribution < -0.4 is 4.31 Å². The first-order valence-electron chi connectivity index (χ1n) is 7.60. The second kappa shape index (κ2) is 7.45. The van der Waals surface area contributed by atoms with E-state index in [1.807, 2.05) is 0 Å². The lowest BCUT2D eigenvalue weighted by atomic mass is 10.1. The van der Waals surface area contributed by atoms with Crippen molar-refractivity contribution in [3.63, 3.8) is 0 Å². The van der Waals surface area contributed by atoms with Crippen LogP contribution in [0.25, 0.3) is 0 Å². The lowest BCUT2D eigenvalue weighted by molar-refractivity contribution is -0.137. The molecule has 2 rings (SSSR count). The molecule has 0 aliphatic carbocycles. The summed E-state index contributed by atoms with van der Waals surface area (Å²) in [5, 5.41) is 9.01. The number of anilines is 1. The quantitative estimate of drug-likeness (QED) is 0.844. The number of halogens is 3. The molecule has 0 saturated carbocycles. The van der Waals surface area contributed by atoms with Gasteiger partial charge in [-0.2, -0.15) is 13.2 Å². The van der Waals surface area contributed by atoms with Crippen LogP contribution in [0.5, 0.6) is 0 Å². The van der Waals surface area contributed by atoms with Crippen molar-refractivity contribution in [1.82, 2.24) is 0 Å². The second-order valence-electron chi connectivity index (χ2n) is 5.34. The third-order valence-electron chi connectivity index (χ3n) is 3.64. The number of rotatable bonds is 6. The Bertz CT molecular complexity index is 835. The van der Waals surface area contributed by atoms with Gasteiger partial charge in [-0.05, 0) is 49.2 Å². The molecule has 2 aromatic carbocycles. The summed E-state index contributed by atoms with van der Waals surface area (Å²) < 4.78 is 65.3. The maximum Gasteiger partial charge on any atom is 0.416 e. The lowest BCUT2D eigenvalue weighted by Crippen LogP contribution is -2.31. The Morgan fingerprint density at radius 2 is 1.76 bits per heavy atom. The highest BCUT2D eigenvalue weighted by Gasteiger charge is 2.32. The Labute approximate surface area is 144 Å². The molecule has 0 saturated heterocycles. The average Bonchev–Trinajstić information content (AvgIpc) is 2.55. The smallest absolute Gasteiger partial charge is 0.396 e. The third kappa shape index (κ3) is 4.32. The van der Waals surface area contributed by atoms with Gasteiger partial charge in [0.15, 0.2) is 0 Å². The predicted molar refractivity (Wildman–Crippen MR) is 88.9 cm³/mol. The van der Waals surface area contributed by atoms with Crippen molar-refractivity contribution in [3.05, 3.63) is 59.7 Å². The van der Waals surface area contributed by atoms with E-state index in [1.165, 1.54) is 0 Å². The van der Waals surface area contributed by atoms with Gasteiger partial charge in [0.2, 0.25) is 0 Å². The van der Waals surface area contributed by atoms with E-state index in [1.54, 1.807) is 31.2 Å². The van der Waals surface area contributed by atoms with Gasteiger partial charge in [-0.15, -0.1) is 0 Å². The molecule has 0 bridgehead atoms. The monoisotopic (exact) mass is 373 g/mol.